The average Bonchev–Trinajstić information content (AvgIpc) is 2.43. The number of hydrogen-bond donors (Lipinski definition) is 1. The summed E-state index contributed by atoms with van der Waals surface area (Å²) in [5.41, 5.74) is 0.419. The Morgan fingerprint density at radius 2 is 2.36 bits per heavy atom. The first-order valence-corrected chi connectivity index (χ1v) is 3.92. The van der Waals surface area contributed by atoms with Crippen LogP contribution < -0.4 is 0 Å². The van der Waals surface area contributed by atoms with Gasteiger partial charge in [0.15, 0.2) is 0 Å². The molecule has 0 aliphatic rings. The largest absolute Gasteiger partial charge is 0.493 e. The van der Waals surface area contributed by atoms with Gasteiger partial charge >= 0.3 is 5.69 Å². The van der Waals surface area contributed by atoms with E-state index in [2.05, 4.69) is 4.98 Å². The molecule has 0 atom stereocenters. The average molecular weight is 193 g/mol. The molecule has 0 radical (unpaired) electrons. The molecule has 0 amide bonds. The molecule has 0 aromatic carbocycles. The monoisotopic (exact) mass is 193 g/mol. The van der Waals surface area contributed by atoms with E-state index in [0.29, 0.717) is 5.69 Å². The van der Waals surface area contributed by atoms with E-state index < -0.39 is 4.92 Å². The van der Waals surface area contributed by atoms with Gasteiger partial charge in [-0.3, -0.25) is 14.5 Å². The minimum absolute atomic E-state index is 0.0660. The first kappa shape index (κ1) is 8.49. The number of aromatic hydroxyl groups is 1. The van der Waals surface area contributed by atoms with E-state index in [1.807, 2.05) is 0 Å². The van der Waals surface area contributed by atoms with Crippen LogP contribution in [0.3, 0.4) is 0 Å². The van der Waals surface area contributed by atoms with Gasteiger partial charge in [0.05, 0.1) is 4.92 Å². The van der Waals surface area contributed by atoms with Crippen LogP contribution in [0.25, 0.3) is 5.65 Å². The Morgan fingerprint density at radius 1 is 1.64 bits per heavy atom. The van der Waals surface area contributed by atoms with Crippen LogP contribution >= 0.6 is 0 Å². The maximum atomic E-state index is 10.6. The molecule has 72 valence electrons. The minimum atomic E-state index is -0.527. The van der Waals surface area contributed by atoms with Gasteiger partial charge in [-0.15, -0.1) is 0 Å². The van der Waals surface area contributed by atoms with Gasteiger partial charge in [-0.05, 0) is 13.0 Å². The lowest BCUT2D eigenvalue weighted by molar-refractivity contribution is -0.383. The number of hydrogen-bond acceptors (Lipinski definition) is 4. The first-order chi connectivity index (χ1) is 6.61. The fourth-order valence-corrected chi connectivity index (χ4v) is 1.30. The van der Waals surface area contributed by atoms with Crippen molar-refractivity contribution in [2.24, 2.45) is 0 Å². The van der Waals surface area contributed by atoms with E-state index in [1.165, 1.54) is 22.7 Å². The van der Waals surface area contributed by atoms with Crippen LogP contribution in [0.2, 0.25) is 0 Å². The summed E-state index contributed by atoms with van der Waals surface area (Å²) in [6, 6.07) is 2.84. The van der Waals surface area contributed by atoms with Gasteiger partial charge in [-0.2, -0.15) is 0 Å². The van der Waals surface area contributed by atoms with E-state index >= 15 is 0 Å². The predicted molar refractivity (Wildman–Crippen MR) is 48.2 cm³/mol. The first-order valence-electron chi connectivity index (χ1n) is 3.92. The minimum Gasteiger partial charge on any atom is -0.493 e. The number of nitro groups is 1. The second-order valence-electron chi connectivity index (χ2n) is 2.86. The molecule has 0 saturated carbocycles. The van der Waals surface area contributed by atoms with Gasteiger partial charge in [0.25, 0.3) is 0 Å². The maximum Gasteiger partial charge on any atom is 0.312 e. The molecule has 6 nitrogen and oxygen atoms in total. The van der Waals surface area contributed by atoms with E-state index in [-0.39, 0.29) is 17.2 Å². The normalized spacial score (nSPS) is 10.6. The van der Waals surface area contributed by atoms with Gasteiger partial charge in [0.1, 0.15) is 5.69 Å². The highest BCUT2D eigenvalue weighted by Crippen LogP contribution is 2.24. The van der Waals surface area contributed by atoms with Crippen molar-refractivity contribution in [3.8, 4) is 5.88 Å². The third-order valence-electron chi connectivity index (χ3n) is 1.97. The van der Waals surface area contributed by atoms with Gasteiger partial charge in [0.2, 0.25) is 11.5 Å². The van der Waals surface area contributed by atoms with Crippen molar-refractivity contribution in [2.45, 2.75) is 6.92 Å². The molecule has 0 aliphatic heterocycles. The van der Waals surface area contributed by atoms with Crippen LogP contribution in [-0.2, 0) is 0 Å². The van der Waals surface area contributed by atoms with Crippen molar-refractivity contribution in [1.29, 1.82) is 0 Å². The highest BCUT2D eigenvalue weighted by Gasteiger charge is 2.17. The van der Waals surface area contributed by atoms with Crippen molar-refractivity contribution in [1.82, 2.24) is 9.38 Å². The van der Waals surface area contributed by atoms with Crippen LogP contribution in [0.5, 0.6) is 5.88 Å². The molecule has 1 N–H and O–H groups in total. The van der Waals surface area contributed by atoms with Crippen molar-refractivity contribution < 1.29 is 10.0 Å². The summed E-state index contributed by atoms with van der Waals surface area (Å²) in [5.74, 6) is -0.0660. The van der Waals surface area contributed by atoms with Crippen molar-refractivity contribution in [3.05, 3.63) is 34.1 Å². The summed E-state index contributed by atoms with van der Waals surface area (Å²) in [6.45, 7) is 1.59. The Hall–Kier alpha value is -2.11. The molecular formula is C8H7N3O3. The molecule has 0 unspecified atom stereocenters. The Balaban J connectivity index is 2.88. The summed E-state index contributed by atoms with van der Waals surface area (Å²) >= 11 is 0. The SMILES string of the molecule is Cc1nc2c([N+](=O)[O-])cccn2c1O. The number of aryl methyl sites for hydroxylation is 1. The highest BCUT2D eigenvalue weighted by molar-refractivity contribution is 5.61. The predicted octanol–water partition coefficient (Wildman–Crippen LogP) is 1.26. The lowest BCUT2D eigenvalue weighted by Gasteiger charge is -1.94. The summed E-state index contributed by atoms with van der Waals surface area (Å²) < 4.78 is 1.29. The Morgan fingerprint density at radius 3 is 3.00 bits per heavy atom. The number of pyridine rings is 1. The molecule has 0 fully saturated rings. The van der Waals surface area contributed by atoms with Gasteiger partial charge in [0, 0.05) is 12.3 Å². The van der Waals surface area contributed by atoms with Crippen LogP contribution in [0.1, 0.15) is 5.69 Å². The summed E-state index contributed by atoms with van der Waals surface area (Å²) in [4.78, 5) is 14.0. The lowest BCUT2D eigenvalue weighted by Crippen LogP contribution is -1.92. The number of rotatable bonds is 1. The molecular weight excluding hydrogens is 186 g/mol. The molecule has 0 bridgehead atoms. The maximum absolute atomic E-state index is 10.6. The second-order valence-corrected chi connectivity index (χ2v) is 2.86. The highest BCUT2D eigenvalue weighted by atomic mass is 16.6. The fraction of sp³-hybridized carbons (Fsp3) is 0.125. The third-order valence-corrected chi connectivity index (χ3v) is 1.97. The quantitative estimate of drug-likeness (QED) is 0.546. The molecule has 2 aromatic heterocycles. The van der Waals surface area contributed by atoms with Crippen LogP contribution in [0.15, 0.2) is 18.3 Å². The van der Waals surface area contributed by atoms with Crippen LogP contribution in [-0.4, -0.2) is 19.4 Å². The molecule has 6 heteroatoms. The van der Waals surface area contributed by atoms with Gasteiger partial charge < -0.3 is 5.11 Å². The van der Waals surface area contributed by atoms with E-state index in [9.17, 15) is 15.2 Å². The summed E-state index contributed by atoms with van der Waals surface area (Å²) in [6.07, 6.45) is 1.53. The van der Waals surface area contributed by atoms with Crippen molar-refractivity contribution in [3.63, 3.8) is 0 Å². The van der Waals surface area contributed by atoms with Crippen molar-refractivity contribution >= 4 is 11.3 Å². The molecule has 2 aromatic rings. The Kier molecular flexibility index (Phi) is 1.63. The topological polar surface area (TPSA) is 80.7 Å². The standard InChI is InChI=1S/C8H7N3O3/c1-5-8(12)10-4-2-3-6(11(13)14)7(10)9-5/h2-4,12H,1H3. The zero-order chi connectivity index (χ0) is 10.3. The molecule has 0 aliphatic carbocycles. The van der Waals surface area contributed by atoms with E-state index in [0.717, 1.165) is 0 Å². The van der Waals surface area contributed by atoms with Gasteiger partial charge in [-0.25, -0.2) is 4.98 Å². The molecule has 2 heterocycles. The van der Waals surface area contributed by atoms with E-state index in [4.69, 9.17) is 0 Å². The molecule has 0 spiro atoms. The Labute approximate surface area is 78.6 Å². The Bertz CT molecular complexity index is 518. The zero-order valence-corrected chi connectivity index (χ0v) is 7.34. The second kappa shape index (κ2) is 2.69. The third kappa shape index (κ3) is 1.00. The van der Waals surface area contributed by atoms with E-state index in [1.54, 1.807) is 6.92 Å². The summed E-state index contributed by atoms with van der Waals surface area (Å²) in [5, 5.41) is 20.1. The molecule has 0 saturated heterocycles. The number of nitrogens with zero attached hydrogens (tertiary/aromatic N) is 3. The van der Waals surface area contributed by atoms with Crippen LogP contribution in [0, 0.1) is 17.0 Å². The number of imidazole rings is 1. The van der Waals surface area contributed by atoms with Crippen molar-refractivity contribution in [2.75, 3.05) is 0 Å². The number of aromatic nitrogens is 2. The van der Waals surface area contributed by atoms with Gasteiger partial charge in [-0.1, -0.05) is 0 Å². The lowest BCUT2D eigenvalue weighted by atomic mass is 10.4. The number of fused-ring (bicyclic) bond motifs is 1. The van der Waals surface area contributed by atoms with Crippen LogP contribution in [0.4, 0.5) is 5.69 Å². The molecule has 2 rings (SSSR count). The summed E-state index contributed by atoms with van der Waals surface area (Å²) in [7, 11) is 0. The molecule has 14 heavy (non-hydrogen) atoms. The zero-order valence-electron chi connectivity index (χ0n) is 7.34. The fourth-order valence-electron chi connectivity index (χ4n) is 1.30. The smallest absolute Gasteiger partial charge is 0.312 e.